The molecule has 2 heterocycles. The molecule has 2 aliphatic heterocycles. The summed E-state index contributed by atoms with van der Waals surface area (Å²) in [5, 5.41) is 6.24. The van der Waals surface area contributed by atoms with Crippen LogP contribution in [0.3, 0.4) is 0 Å². The summed E-state index contributed by atoms with van der Waals surface area (Å²) in [5.74, 6) is -0.0993. The second kappa shape index (κ2) is 9.92. The highest BCUT2D eigenvalue weighted by Crippen LogP contribution is 2.45. The van der Waals surface area contributed by atoms with Gasteiger partial charge in [0.05, 0.1) is 29.8 Å². The van der Waals surface area contributed by atoms with Gasteiger partial charge in [0.2, 0.25) is 5.91 Å². The molecule has 31 heavy (non-hydrogen) atoms. The highest BCUT2D eigenvalue weighted by molar-refractivity contribution is 8.16. The first-order chi connectivity index (χ1) is 14.7. The van der Waals surface area contributed by atoms with E-state index in [1.807, 2.05) is 43.2 Å². The molecule has 1 amide bonds. The van der Waals surface area contributed by atoms with E-state index in [1.165, 1.54) is 11.8 Å². The summed E-state index contributed by atoms with van der Waals surface area (Å²) in [6.07, 6.45) is -0.0530. The maximum atomic E-state index is 13.1. The Kier molecular flexibility index (Phi) is 7.49. The average molecular weight is 462 g/mol. The van der Waals surface area contributed by atoms with E-state index in [0.717, 1.165) is 16.4 Å². The zero-order valence-corrected chi connectivity index (χ0v) is 20.0. The van der Waals surface area contributed by atoms with Crippen molar-refractivity contribution in [3.8, 4) is 0 Å². The average Bonchev–Trinajstić information content (AvgIpc) is 3.07. The summed E-state index contributed by atoms with van der Waals surface area (Å²) in [6, 6.07) is 6.93. The van der Waals surface area contributed by atoms with Gasteiger partial charge in [-0.3, -0.25) is 4.79 Å². The van der Waals surface area contributed by atoms with Crippen molar-refractivity contribution >= 4 is 40.4 Å². The van der Waals surface area contributed by atoms with E-state index in [4.69, 9.17) is 16.3 Å². The van der Waals surface area contributed by atoms with Crippen molar-refractivity contribution in [1.29, 1.82) is 0 Å². The third kappa shape index (κ3) is 5.52. The number of esters is 1. The number of amides is 1. The van der Waals surface area contributed by atoms with Crippen molar-refractivity contribution in [2.24, 2.45) is 10.9 Å². The molecule has 0 fully saturated rings. The summed E-state index contributed by atoms with van der Waals surface area (Å²) >= 11 is 7.56. The number of halogens is 1. The van der Waals surface area contributed by atoms with Crippen molar-refractivity contribution in [2.75, 3.05) is 6.54 Å². The largest absolute Gasteiger partial charge is 0.459 e. The van der Waals surface area contributed by atoms with Crippen LogP contribution in [-0.2, 0) is 14.3 Å². The molecule has 1 N–H and O–H groups in total. The van der Waals surface area contributed by atoms with Crippen molar-refractivity contribution in [3.63, 3.8) is 0 Å². The Bertz CT molecular complexity index is 951. The number of carbonyl (C=O) groups excluding carboxylic acids is 2. The molecule has 0 saturated heterocycles. The first kappa shape index (κ1) is 23.4. The van der Waals surface area contributed by atoms with Gasteiger partial charge in [-0.2, -0.15) is 0 Å². The molecule has 1 atom stereocenters. The van der Waals surface area contributed by atoms with E-state index in [2.05, 4.69) is 24.2 Å². The number of amidine groups is 1. The molecule has 0 bridgehead atoms. The first-order valence-electron chi connectivity index (χ1n) is 10.3. The third-order valence-corrected chi connectivity index (χ3v) is 5.94. The quantitative estimate of drug-likeness (QED) is 0.576. The molecule has 1 aromatic carbocycles. The number of hydrogen-bond acceptors (Lipinski definition) is 6. The van der Waals surface area contributed by atoms with Crippen LogP contribution in [-0.4, -0.2) is 34.6 Å². The molecule has 166 valence electrons. The van der Waals surface area contributed by atoms with E-state index in [9.17, 15) is 9.59 Å². The van der Waals surface area contributed by atoms with Crippen LogP contribution in [0.1, 0.15) is 52.6 Å². The second-order valence-electron chi connectivity index (χ2n) is 8.27. The summed E-state index contributed by atoms with van der Waals surface area (Å²) < 4.78 is 5.54. The minimum Gasteiger partial charge on any atom is -0.459 e. The lowest BCUT2D eigenvalue weighted by Crippen LogP contribution is -2.38. The lowest BCUT2D eigenvalue weighted by Gasteiger charge is -2.36. The molecule has 0 saturated carbocycles. The number of nitrogens with one attached hydrogen (secondary N) is 1. The fraction of sp³-hybridized carbons (Fsp3) is 0.435. The number of rotatable bonds is 7. The monoisotopic (exact) mass is 461 g/mol. The van der Waals surface area contributed by atoms with E-state index in [-0.39, 0.29) is 18.4 Å². The summed E-state index contributed by atoms with van der Waals surface area (Å²) in [5.41, 5.74) is 2.76. The topological polar surface area (TPSA) is 71.0 Å². The molecule has 0 radical (unpaired) electrons. The fourth-order valence-corrected chi connectivity index (χ4v) is 4.50. The van der Waals surface area contributed by atoms with Crippen LogP contribution in [0.5, 0.6) is 0 Å². The Hall–Kier alpha value is -2.25. The van der Waals surface area contributed by atoms with Crippen LogP contribution >= 0.6 is 23.4 Å². The highest BCUT2D eigenvalue weighted by Gasteiger charge is 2.41. The smallest absolute Gasteiger partial charge is 0.338 e. The summed E-state index contributed by atoms with van der Waals surface area (Å²) in [7, 11) is 0. The Morgan fingerprint density at radius 3 is 2.52 bits per heavy atom. The van der Waals surface area contributed by atoms with Crippen LogP contribution in [0, 0.1) is 5.92 Å². The molecule has 0 spiro atoms. The zero-order chi connectivity index (χ0) is 22.7. The summed E-state index contributed by atoms with van der Waals surface area (Å²) in [6.45, 7) is 10.2. The van der Waals surface area contributed by atoms with Gasteiger partial charge in [0, 0.05) is 17.3 Å². The normalized spacial score (nSPS) is 18.2. The second-order valence-corrected chi connectivity index (χ2v) is 9.55. The lowest BCUT2D eigenvalue weighted by molar-refractivity contribution is -0.143. The number of benzene rings is 1. The van der Waals surface area contributed by atoms with Crippen molar-refractivity contribution in [2.45, 2.75) is 53.2 Å². The van der Waals surface area contributed by atoms with Gasteiger partial charge in [0.1, 0.15) is 0 Å². The van der Waals surface area contributed by atoms with Gasteiger partial charge >= 0.3 is 5.97 Å². The van der Waals surface area contributed by atoms with Crippen molar-refractivity contribution in [3.05, 3.63) is 57.2 Å². The fourth-order valence-electron chi connectivity index (χ4n) is 3.41. The summed E-state index contributed by atoms with van der Waals surface area (Å²) in [4.78, 5) is 32.2. The molecule has 1 aromatic rings. The van der Waals surface area contributed by atoms with E-state index in [0.29, 0.717) is 28.8 Å². The number of thioether (sulfide) groups is 1. The molecule has 3 rings (SSSR count). The van der Waals surface area contributed by atoms with Crippen LogP contribution in [0.15, 0.2) is 51.6 Å². The minimum atomic E-state index is -0.449. The van der Waals surface area contributed by atoms with Gasteiger partial charge in [-0.1, -0.05) is 49.3 Å². The van der Waals surface area contributed by atoms with E-state index >= 15 is 0 Å². The zero-order valence-electron chi connectivity index (χ0n) is 18.4. The molecule has 0 aromatic heterocycles. The molecular weight excluding hydrogens is 434 g/mol. The van der Waals surface area contributed by atoms with Crippen LogP contribution < -0.4 is 5.32 Å². The van der Waals surface area contributed by atoms with Gasteiger partial charge in [-0.15, -0.1) is 0 Å². The van der Waals surface area contributed by atoms with Gasteiger partial charge in [0.15, 0.2) is 5.17 Å². The van der Waals surface area contributed by atoms with Gasteiger partial charge in [0.25, 0.3) is 0 Å². The molecule has 2 aliphatic rings. The van der Waals surface area contributed by atoms with Crippen LogP contribution in [0.4, 0.5) is 0 Å². The third-order valence-electron chi connectivity index (χ3n) is 4.80. The number of fused-ring (bicyclic) bond motifs is 1. The van der Waals surface area contributed by atoms with Gasteiger partial charge < -0.3 is 15.0 Å². The molecule has 0 unspecified atom stereocenters. The highest BCUT2D eigenvalue weighted by atomic mass is 35.5. The maximum absolute atomic E-state index is 13.1. The van der Waals surface area contributed by atoms with Crippen LogP contribution in [0.2, 0.25) is 5.02 Å². The number of carbonyl (C=O) groups is 2. The first-order valence-corrected chi connectivity index (χ1v) is 11.6. The van der Waals surface area contributed by atoms with Gasteiger partial charge in [-0.25, -0.2) is 9.79 Å². The predicted octanol–water partition coefficient (Wildman–Crippen LogP) is 5.03. The van der Waals surface area contributed by atoms with Crippen molar-refractivity contribution in [1.82, 2.24) is 10.2 Å². The Morgan fingerprint density at radius 1 is 1.23 bits per heavy atom. The van der Waals surface area contributed by atoms with E-state index < -0.39 is 12.0 Å². The predicted molar refractivity (Wildman–Crippen MR) is 126 cm³/mol. The number of aliphatic imine (C=N–C) groups is 1. The van der Waals surface area contributed by atoms with Crippen molar-refractivity contribution < 1.29 is 14.3 Å². The molecule has 8 heteroatoms. The number of allylic oxidation sites excluding steroid dienone is 1. The standard InChI is InChI=1S/C23H28ClN3O3S/c1-13(2)11-25-19(28)10-18-12-31-23-26-15(5)20(22(29)30-14(3)4)21(27(18)23)16-6-8-17(24)9-7-16/h6-9,12-14,21H,10-11H2,1-5H3,(H,25,28)/t21-/m1/s1. The minimum absolute atomic E-state index is 0.0609. The Morgan fingerprint density at radius 2 is 1.90 bits per heavy atom. The molecule has 0 aliphatic carbocycles. The van der Waals surface area contributed by atoms with E-state index in [1.54, 1.807) is 12.1 Å². The Labute approximate surface area is 192 Å². The molecule has 6 nitrogen and oxygen atoms in total. The Balaban J connectivity index is 1.98. The molecular formula is C23H28ClN3O3S. The lowest BCUT2D eigenvalue weighted by atomic mass is 9.94. The maximum Gasteiger partial charge on any atom is 0.338 e. The number of hydrogen-bond donors (Lipinski definition) is 1. The number of nitrogens with zero attached hydrogens (tertiary/aromatic N) is 2. The SMILES string of the molecule is CC1=C(C(=O)OC(C)C)[C@@H](c2ccc(Cl)cc2)N2C(CC(=O)NCC(C)C)=CSC2=N1. The van der Waals surface area contributed by atoms with Crippen LogP contribution in [0.25, 0.3) is 0 Å². The number of ether oxygens (including phenoxy) is 1. The van der Waals surface area contributed by atoms with Gasteiger partial charge in [-0.05, 0) is 49.8 Å².